The van der Waals surface area contributed by atoms with Gasteiger partial charge in [0.1, 0.15) is 5.00 Å². The van der Waals surface area contributed by atoms with Crippen LogP contribution in [0.3, 0.4) is 0 Å². The van der Waals surface area contributed by atoms with E-state index in [0.717, 1.165) is 44.1 Å². The second kappa shape index (κ2) is 7.42. The van der Waals surface area contributed by atoms with Gasteiger partial charge in [-0.1, -0.05) is 18.0 Å². The third-order valence-electron chi connectivity index (χ3n) is 5.57. The molecular formula is C19H23N3O4S. The van der Waals surface area contributed by atoms with E-state index < -0.39 is 17.8 Å². The molecule has 1 fully saturated rings. The van der Waals surface area contributed by atoms with Crippen LogP contribution in [0.4, 0.5) is 5.00 Å². The SMILES string of the molecule is Cc1noc(-c2c(NC(=O)C3CCCCC3C(=O)O)sc3c2CCCC3)n1. The highest BCUT2D eigenvalue weighted by atomic mass is 32.1. The first-order valence-electron chi connectivity index (χ1n) is 9.53. The Morgan fingerprint density at radius 1 is 1.15 bits per heavy atom. The number of hydrogen-bond donors (Lipinski definition) is 2. The summed E-state index contributed by atoms with van der Waals surface area (Å²) in [5, 5.41) is 17.1. The predicted molar refractivity (Wildman–Crippen MR) is 101 cm³/mol. The van der Waals surface area contributed by atoms with Gasteiger partial charge in [-0.3, -0.25) is 9.59 Å². The van der Waals surface area contributed by atoms with Crippen LogP contribution >= 0.6 is 11.3 Å². The number of fused-ring (bicyclic) bond motifs is 1. The minimum Gasteiger partial charge on any atom is -0.481 e. The van der Waals surface area contributed by atoms with Gasteiger partial charge in [-0.2, -0.15) is 4.98 Å². The fraction of sp³-hybridized carbons (Fsp3) is 0.579. The minimum absolute atomic E-state index is 0.210. The number of aryl methyl sites for hydroxylation is 2. The van der Waals surface area contributed by atoms with Crippen molar-refractivity contribution in [3.05, 3.63) is 16.3 Å². The molecule has 0 aliphatic heterocycles. The van der Waals surface area contributed by atoms with Crippen molar-refractivity contribution in [2.45, 2.75) is 58.3 Å². The van der Waals surface area contributed by atoms with E-state index in [0.29, 0.717) is 29.6 Å². The molecule has 8 heteroatoms. The number of amides is 1. The average molecular weight is 389 g/mol. The van der Waals surface area contributed by atoms with Crippen molar-refractivity contribution in [1.29, 1.82) is 0 Å². The Morgan fingerprint density at radius 3 is 2.59 bits per heavy atom. The molecule has 0 aromatic carbocycles. The van der Waals surface area contributed by atoms with Crippen molar-refractivity contribution in [3.63, 3.8) is 0 Å². The lowest BCUT2D eigenvalue weighted by Crippen LogP contribution is -2.36. The molecule has 4 rings (SSSR count). The van der Waals surface area contributed by atoms with Crippen LogP contribution in [0.2, 0.25) is 0 Å². The second-order valence-corrected chi connectivity index (χ2v) is 8.49. The van der Waals surface area contributed by atoms with E-state index in [1.807, 2.05) is 0 Å². The molecule has 2 aromatic heterocycles. The Balaban J connectivity index is 1.66. The molecule has 2 N–H and O–H groups in total. The van der Waals surface area contributed by atoms with Crippen molar-refractivity contribution in [1.82, 2.24) is 10.1 Å². The molecule has 27 heavy (non-hydrogen) atoms. The normalized spacial score (nSPS) is 22.3. The minimum atomic E-state index is -0.881. The number of aliphatic carboxylic acids is 1. The number of anilines is 1. The van der Waals surface area contributed by atoms with E-state index in [1.165, 1.54) is 10.4 Å². The van der Waals surface area contributed by atoms with E-state index in [4.69, 9.17) is 4.52 Å². The zero-order chi connectivity index (χ0) is 19.0. The lowest BCUT2D eigenvalue weighted by atomic mass is 9.78. The Morgan fingerprint density at radius 2 is 1.89 bits per heavy atom. The number of carboxylic acid groups (broad SMARTS) is 1. The summed E-state index contributed by atoms with van der Waals surface area (Å²) in [6.07, 6.45) is 7.07. The van der Waals surface area contributed by atoms with Gasteiger partial charge in [0.05, 0.1) is 17.4 Å². The van der Waals surface area contributed by atoms with Crippen LogP contribution in [0.1, 0.15) is 54.8 Å². The average Bonchev–Trinajstić information content (AvgIpc) is 3.24. The Hall–Kier alpha value is -2.22. The fourth-order valence-electron chi connectivity index (χ4n) is 4.22. The van der Waals surface area contributed by atoms with Gasteiger partial charge in [0, 0.05) is 4.88 Å². The summed E-state index contributed by atoms with van der Waals surface area (Å²) in [6.45, 7) is 1.77. The van der Waals surface area contributed by atoms with Crippen LogP contribution < -0.4 is 5.32 Å². The van der Waals surface area contributed by atoms with Crippen molar-refractivity contribution >= 4 is 28.2 Å². The summed E-state index contributed by atoms with van der Waals surface area (Å²) in [6, 6.07) is 0. The van der Waals surface area contributed by atoms with Crippen LogP contribution in [0.5, 0.6) is 0 Å². The lowest BCUT2D eigenvalue weighted by Gasteiger charge is -2.27. The maximum absolute atomic E-state index is 12.9. The Bertz CT molecular complexity index is 872. The standard InChI is InChI=1S/C19H23N3O4S/c1-10-20-17(26-22-10)15-13-8-4-5-9-14(13)27-18(15)21-16(23)11-6-2-3-7-12(11)19(24)25/h11-12H,2-9H2,1H3,(H,21,23)(H,24,25). The van der Waals surface area contributed by atoms with Crippen LogP contribution in [0, 0.1) is 18.8 Å². The summed E-state index contributed by atoms with van der Waals surface area (Å²) in [5.41, 5.74) is 2.01. The van der Waals surface area contributed by atoms with Gasteiger partial charge in [-0.25, -0.2) is 0 Å². The van der Waals surface area contributed by atoms with Crippen molar-refractivity contribution in [3.8, 4) is 11.5 Å². The van der Waals surface area contributed by atoms with Crippen molar-refractivity contribution in [2.75, 3.05) is 5.32 Å². The molecule has 0 spiro atoms. The molecule has 0 saturated heterocycles. The van der Waals surface area contributed by atoms with Gasteiger partial charge in [-0.05, 0) is 51.0 Å². The zero-order valence-corrected chi connectivity index (χ0v) is 16.1. The molecule has 2 heterocycles. The molecule has 7 nitrogen and oxygen atoms in total. The highest BCUT2D eigenvalue weighted by Gasteiger charge is 2.37. The molecule has 144 valence electrons. The van der Waals surface area contributed by atoms with E-state index in [9.17, 15) is 14.7 Å². The molecule has 2 aliphatic carbocycles. The van der Waals surface area contributed by atoms with E-state index >= 15 is 0 Å². The predicted octanol–water partition coefficient (Wildman–Crippen LogP) is 3.81. The van der Waals surface area contributed by atoms with Gasteiger partial charge in [0.15, 0.2) is 5.82 Å². The summed E-state index contributed by atoms with van der Waals surface area (Å²) >= 11 is 1.56. The van der Waals surface area contributed by atoms with E-state index in [2.05, 4.69) is 15.5 Å². The van der Waals surface area contributed by atoms with Crippen LogP contribution in [0.15, 0.2) is 4.52 Å². The van der Waals surface area contributed by atoms with Crippen LogP contribution in [-0.2, 0) is 22.4 Å². The third kappa shape index (κ3) is 3.50. The summed E-state index contributed by atoms with van der Waals surface area (Å²) in [4.78, 5) is 30.1. The molecule has 1 saturated carbocycles. The first-order valence-corrected chi connectivity index (χ1v) is 10.3. The fourth-order valence-corrected chi connectivity index (χ4v) is 5.51. The van der Waals surface area contributed by atoms with Crippen molar-refractivity contribution in [2.24, 2.45) is 11.8 Å². The second-order valence-electron chi connectivity index (χ2n) is 7.39. The number of hydrogen-bond acceptors (Lipinski definition) is 6. The molecule has 2 aliphatic rings. The summed E-state index contributed by atoms with van der Waals surface area (Å²) in [7, 11) is 0. The van der Waals surface area contributed by atoms with Gasteiger partial charge < -0.3 is 14.9 Å². The van der Waals surface area contributed by atoms with Gasteiger partial charge in [0.2, 0.25) is 5.91 Å². The van der Waals surface area contributed by atoms with Crippen molar-refractivity contribution < 1.29 is 19.2 Å². The number of carbonyl (C=O) groups excluding carboxylic acids is 1. The monoisotopic (exact) mass is 389 g/mol. The number of rotatable bonds is 4. The maximum Gasteiger partial charge on any atom is 0.307 e. The molecule has 2 unspecified atom stereocenters. The first kappa shape index (κ1) is 18.2. The maximum atomic E-state index is 12.9. The first-order chi connectivity index (χ1) is 13.0. The molecule has 0 bridgehead atoms. The molecule has 0 radical (unpaired) electrons. The number of thiophene rings is 1. The summed E-state index contributed by atoms with van der Waals surface area (Å²) in [5.74, 6) is -1.21. The number of aromatic nitrogens is 2. The van der Waals surface area contributed by atoms with Crippen LogP contribution in [0.25, 0.3) is 11.5 Å². The topological polar surface area (TPSA) is 105 Å². The lowest BCUT2D eigenvalue weighted by molar-refractivity contribution is -0.147. The molecule has 2 aromatic rings. The summed E-state index contributed by atoms with van der Waals surface area (Å²) < 4.78 is 5.40. The smallest absolute Gasteiger partial charge is 0.307 e. The van der Waals surface area contributed by atoms with E-state index in [1.54, 1.807) is 18.3 Å². The Kier molecular flexibility index (Phi) is 4.99. The van der Waals surface area contributed by atoms with Gasteiger partial charge >= 0.3 is 5.97 Å². The highest BCUT2D eigenvalue weighted by Crippen LogP contribution is 2.44. The molecular weight excluding hydrogens is 366 g/mol. The zero-order valence-electron chi connectivity index (χ0n) is 15.3. The van der Waals surface area contributed by atoms with Crippen LogP contribution in [-0.4, -0.2) is 27.1 Å². The Labute approximate surface area is 161 Å². The number of nitrogens with zero attached hydrogens (tertiary/aromatic N) is 2. The quantitative estimate of drug-likeness (QED) is 0.824. The van der Waals surface area contributed by atoms with Gasteiger partial charge in [0.25, 0.3) is 5.89 Å². The number of carboxylic acids is 1. The van der Waals surface area contributed by atoms with Gasteiger partial charge in [-0.15, -0.1) is 11.3 Å². The molecule has 2 atom stereocenters. The third-order valence-corrected chi connectivity index (χ3v) is 6.78. The largest absolute Gasteiger partial charge is 0.481 e. The molecule has 1 amide bonds. The highest BCUT2D eigenvalue weighted by molar-refractivity contribution is 7.17. The van der Waals surface area contributed by atoms with E-state index in [-0.39, 0.29) is 5.91 Å². The number of nitrogens with one attached hydrogen (secondary N) is 1. The number of carbonyl (C=O) groups is 2.